The van der Waals surface area contributed by atoms with Crippen LogP contribution in [0.4, 0.5) is 5.69 Å². The fourth-order valence-electron chi connectivity index (χ4n) is 3.23. The molecule has 0 fully saturated rings. The van der Waals surface area contributed by atoms with E-state index in [1.54, 1.807) is 0 Å². The summed E-state index contributed by atoms with van der Waals surface area (Å²) in [6.07, 6.45) is 4.10. The summed E-state index contributed by atoms with van der Waals surface area (Å²) < 4.78 is 0. The molecule has 146 valence electrons. The third-order valence-electron chi connectivity index (χ3n) is 4.95. The van der Waals surface area contributed by atoms with E-state index < -0.39 is 0 Å². The van der Waals surface area contributed by atoms with E-state index in [4.69, 9.17) is 12.2 Å². The van der Waals surface area contributed by atoms with E-state index in [0.29, 0.717) is 11.0 Å². The van der Waals surface area contributed by atoms with Crippen LogP contribution in [0.5, 0.6) is 0 Å². The molecule has 1 aliphatic heterocycles. The van der Waals surface area contributed by atoms with E-state index in [9.17, 15) is 0 Å². The minimum atomic E-state index is 0.483. The zero-order valence-electron chi connectivity index (χ0n) is 17.0. The number of nitrogens with one attached hydrogen (secondary N) is 2. The molecule has 2 aromatic rings. The predicted molar refractivity (Wildman–Crippen MR) is 123 cm³/mol. The number of aryl methyl sites for hydroxylation is 3. The first kappa shape index (κ1) is 20.1. The van der Waals surface area contributed by atoms with Gasteiger partial charge in [0.15, 0.2) is 5.11 Å². The number of nitrogens with zero attached hydrogens (tertiary/aromatic N) is 2. The number of allylic oxidation sites excluding steroid dienone is 1. The van der Waals surface area contributed by atoms with Gasteiger partial charge in [-0.3, -0.25) is 5.43 Å². The van der Waals surface area contributed by atoms with Crippen LogP contribution in [0.2, 0.25) is 0 Å². The Kier molecular flexibility index (Phi) is 6.47. The van der Waals surface area contributed by atoms with Gasteiger partial charge in [0.2, 0.25) is 0 Å². The first-order valence-corrected chi connectivity index (χ1v) is 10.0. The molecule has 2 N–H and O–H groups in total. The van der Waals surface area contributed by atoms with E-state index in [1.165, 1.54) is 22.3 Å². The van der Waals surface area contributed by atoms with Gasteiger partial charge < -0.3 is 10.2 Å². The van der Waals surface area contributed by atoms with Crippen LogP contribution in [-0.2, 0) is 6.54 Å². The summed E-state index contributed by atoms with van der Waals surface area (Å²) in [5.74, 6) is 0.507. The first-order valence-electron chi connectivity index (χ1n) is 9.60. The van der Waals surface area contributed by atoms with Crippen LogP contribution in [0.25, 0.3) is 0 Å². The minimum absolute atomic E-state index is 0.483. The lowest BCUT2D eigenvalue weighted by molar-refractivity contribution is 0.359. The van der Waals surface area contributed by atoms with E-state index in [0.717, 1.165) is 24.5 Å². The highest BCUT2D eigenvalue weighted by Gasteiger charge is 2.19. The number of anilines is 1. The number of hydrazone groups is 1. The molecule has 0 amide bonds. The lowest BCUT2D eigenvalue weighted by Gasteiger charge is -2.21. The van der Waals surface area contributed by atoms with Crippen LogP contribution < -0.4 is 10.7 Å². The van der Waals surface area contributed by atoms with Crippen LogP contribution in [0, 0.1) is 26.7 Å². The lowest BCUT2D eigenvalue weighted by atomic mass is 10.1. The van der Waals surface area contributed by atoms with E-state index >= 15 is 0 Å². The molecule has 0 aliphatic carbocycles. The molecule has 0 saturated heterocycles. The van der Waals surface area contributed by atoms with Gasteiger partial charge in [-0.15, -0.1) is 0 Å². The monoisotopic (exact) mass is 392 g/mol. The highest BCUT2D eigenvalue weighted by atomic mass is 32.1. The molecule has 0 bridgehead atoms. The van der Waals surface area contributed by atoms with Crippen molar-refractivity contribution in [2.45, 2.75) is 34.2 Å². The van der Waals surface area contributed by atoms with Gasteiger partial charge in [0.05, 0.1) is 11.9 Å². The third-order valence-corrected chi connectivity index (χ3v) is 5.14. The number of hydrogen-bond donors (Lipinski definition) is 2. The topological polar surface area (TPSA) is 39.7 Å². The van der Waals surface area contributed by atoms with E-state index in [1.807, 2.05) is 12.3 Å². The molecule has 0 radical (unpaired) electrons. The maximum Gasteiger partial charge on any atom is 0.191 e. The average molecular weight is 393 g/mol. The van der Waals surface area contributed by atoms with Crippen LogP contribution in [-0.4, -0.2) is 22.8 Å². The van der Waals surface area contributed by atoms with Crippen molar-refractivity contribution in [2.24, 2.45) is 11.0 Å². The Morgan fingerprint density at radius 3 is 2.61 bits per heavy atom. The Morgan fingerprint density at radius 1 is 1.14 bits per heavy atom. The van der Waals surface area contributed by atoms with Gasteiger partial charge in [0.25, 0.3) is 0 Å². The van der Waals surface area contributed by atoms with Crippen molar-refractivity contribution >= 4 is 29.2 Å². The van der Waals surface area contributed by atoms with Gasteiger partial charge in [0.1, 0.15) is 0 Å². The number of benzene rings is 2. The molecular weight excluding hydrogens is 364 g/mol. The SMILES string of the molecule is Cc1ccc(CN2CC(C)C=C2/C=N/NC(=S)Nc2ccc(C)c(C)c2)cc1. The summed E-state index contributed by atoms with van der Waals surface area (Å²) in [6, 6.07) is 14.9. The molecule has 1 unspecified atom stereocenters. The molecule has 3 rings (SSSR count). The van der Waals surface area contributed by atoms with Crippen molar-refractivity contribution in [3.63, 3.8) is 0 Å². The van der Waals surface area contributed by atoms with Gasteiger partial charge in [-0.1, -0.05) is 48.9 Å². The number of thiocarbonyl (C=S) groups is 1. The summed E-state index contributed by atoms with van der Waals surface area (Å²) in [6.45, 7) is 10.4. The first-order chi connectivity index (χ1) is 13.4. The average Bonchev–Trinajstić information content (AvgIpc) is 2.99. The van der Waals surface area contributed by atoms with Crippen molar-refractivity contribution in [1.29, 1.82) is 0 Å². The fraction of sp³-hybridized carbons (Fsp3) is 0.304. The van der Waals surface area contributed by atoms with Gasteiger partial charge >= 0.3 is 0 Å². The normalized spacial score (nSPS) is 16.4. The van der Waals surface area contributed by atoms with E-state index in [-0.39, 0.29) is 0 Å². The molecule has 28 heavy (non-hydrogen) atoms. The molecule has 1 heterocycles. The fourth-order valence-corrected chi connectivity index (χ4v) is 3.40. The zero-order valence-corrected chi connectivity index (χ0v) is 17.8. The van der Waals surface area contributed by atoms with Crippen molar-refractivity contribution in [2.75, 3.05) is 11.9 Å². The molecule has 0 spiro atoms. The summed E-state index contributed by atoms with van der Waals surface area (Å²) in [4.78, 5) is 2.35. The smallest absolute Gasteiger partial charge is 0.191 e. The predicted octanol–water partition coefficient (Wildman–Crippen LogP) is 4.92. The number of hydrogen-bond acceptors (Lipinski definition) is 3. The summed E-state index contributed by atoms with van der Waals surface area (Å²) in [5.41, 5.74) is 10.1. The standard InChI is InChI=1S/C23H28N4S/c1-16-5-8-20(9-6-16)15-27-14-17(2)11-22(27)13-24-26-23(28)25-21-10-7-18(3)19(4)12-21/h5-13,17H,14-15H2,1-4H3,(H2,25,26,28)/b24-13+. The molecule has 0 saturated carbocycles. The molecule has 5 heteroatoms. The minimum Gasteiger partial charge on any atom is -0.366 e. The Balaban J connectivity index is 1.56. The van der Waals surface area contributed by atoms with Crippen LogP contribution >= 0.6 is 12.2 Å². The molecule has 4 nitrogen and oxygen atoms in total. The van der Waals surface area contributed by atoms with Gasteiger partial charge in [-0.25, -0.2) is 0 Å². The Morgan fingerprint density at radius 2 is 1.89 bits per heavy atom. The van der Waals surface area contributed by atoms with Crippen molar-refractivity contribution in [3.8, 4) is 0 Å². The Labute approximate surface area is 173 Å². The quantitative estimate of drug-likeness (QED) is 0.430. The largest absolute Gasteiger partial charge is 0.366 e. The summed E-state index contributed by atoms with van der Waals surface area (Å²) in [7, 11) is 0. The zero-order chi connectivity index (χ0) is 20.1. The van der Waals surface area contributed by atoms with Crippen LogP contribution in [0.1, 0.15) is 29.2 Å². The van der Waals surface area contributed by atoms with Crippen LogP contribution in [0.3, 0.4) is 0 Å². The molecular formula is C23H28N4S. The van der Waals surface area contributed by atoms with Gasteiger partial charge in [-0.2, -0.15) is 5.10 Å². The van der Waals surface area contributed by atoms with Gasteiger partial charge in [-0.05, 0) is 67.7 Å². The molecule has 1 atom stereocenters. The van der Waals surface area contributed by atoms with Crippen molar-refractivity contribution in [1.82, 2.24) is 10.3 Å². The Bertz CT molecular complexity index is 899. The van der Waals surface area contributed by atoms with Crippen molar-refractivity contribution < 1.29 is 0 Å². The summed E-state index contributed by atoms with van der Waals surface area (Å²) in [5, 5.41) is 8.00. The molecule has 0 aromatic heterocycles. The second-order valence-electron chi connectivity index (χ2n) is 7.56. The molecule has 2 aromatic carbocycles. The second-order valence-corrected chi connectivity index (χ2v) is 7.97. The van der Waals surface area contributed by atoms with E-state index in [2.05, 4.69) is 90.9 Å². The van der Waals surface area contributed by atoms with Crippen LogP contribution in [0.15, 0.2) is 59.3 Å². The number of rotatable bonds is 5. The van der Waals surface area contributed by atoms with Gasteiger partial charge in [0, 0.05) is 18.8 Å². The Hall–Kier alpha value is -2.66. The molecule has 1 aliphatic rings. The van der Waals surface area contributed by atoms with Crippen molar-refractivity contribution in [3.05, 3.63) is 76.5 Å². The maximum absolute atomic E-state index is 5.35. The summed E-state index contributed by atoms with van der Waals surface area (Å²) >= 11 is 5.35. The highest BCUT2D eigenvalue weighted by Crippen LogP contribution is 2.21. The lowest BCUT2D eigenvalue weighted by Crippen LogP contribution is -2.25. The third kappa shape index (κ3) is 5.42. The maximum atomic E-state index is 5.35. The second kappa shape index (κ2) is 9.02. The highest BCUT2D eigenvalue weighted by molar-refractivity contribution is 7.80.